The summed E-state index contributed by atoms with van der Waals surface area (Å²) in [6.45, 7) is 8.71. The van der Waals surface area contributed by atoms with E-state index in [2.05, 4.69) is 25.9 Å². The molecular weight excluding hydrogens is 164 g/mol. The molecule has 0 radical (unpaired) electrons. The molecule has 1 N–H and O–H groups in total. The van der Waals surface area contributed by atoms with Crippen molar-refractivity contribution in [2.24, 2.45) is 5.92 Å². The van der Waals surface area contributed by atoms with Crippen LogP contribution in [0.15, 0.2) is 12.7 Å². The van der Waals surface area contributed by atoms with Crippen molar-refractivity contribution in [3.05, 3.63) is 12.7 Å². The highest BCUT2D eigenvalue weighted by Gasteiger charge is 2.17. The summed E-state index contributed by atoms with van der Waals surface area (Å²) in [7, 11) is 3.95. The van der Waals surface area contributed by atoms with Crippen LogP contribution in [0.2, 0.25) is 0 Å². The lowest BCUT2D eigenvalue weighted by molar-refractivity contribution is -0.925. The van der Waals surface area contributed by atoms with Crippen LogP contribution < -0.4 is 5.43 Å². The molecule has 0 aromatic rings. The third-order valence-corrected chi connectivity index (χ3v) is 1.86. The van der Waals surface area contributed by atoms with Gasteiger partial charge in [0.25, 0.3) is 5.91 Å². The lowest BCUT2D eigenvalue weighted by Crippen LogP contribution is -2.54. The van der Waals surface area contributed by atoms with Crippen molar-refractivity contribution in [2.75, 3.05) is 20.6 Å². The smallest absolute Gasteiger partial charge is 0.265 e. The Morgan fingerprint density at radius 2 is 2.08 bits per heavy atom. The lowest BCUT2D eigenvalue weighted by atomic mass is 10.1. The van der Waals surface area contributed by atoms with Crippen LogP contribution in [0.5, 0.6) is 0 Å². The number of nitrogens with one attached hydrogen (secondary N) is 1. The third-order valence-electron chi connectivity index (χ3n) is 1.86. The molecular formula is C10H21N2O+. The molecule has 0 bridgehead atoms. The minimum Gasteiger partial charge on any atom is -0.265 e. The third kappa shape index (κ3) is 6.34. The standard InChI is InChI=1S/C10H20N2O/c1-6-10(13)11-12(4,5)8-7-9(2)3/h6,9H,1,7-8H2,2-5H3/p+1. The fourth-order valence-corrected chi connectivity index (χ4v) is 0.981. The van der Waals surface area contributed by atoms with Gasteiger partial charge >= 0.3 is 0 Å². The molecule has 13 heavy (non-hydrogen) atoms. The zero-order chi connectivity index (χ0) is 10.5. The highest BCUT2D eigenvalue weighted by Crippen LogP contribution is 2.03. The highest BCUT2D eigenvalue weighted by molar-refractivity contribution is 5.85. The molecule has 0 saturated heterocycles. The first-order chi connectivity index (χ1) is 5.87. The number of hydrogen-bond donors (Lipinski definition) is 1. The van der Waals surface area contributed by atoms with Crippen molar-refractivity contribution in [3.63, 3.8) is 0 Å². The topological polar surface area (TPSA) is 29.1 Å². The van der Waals surface area contributed by atoms with Gasteiger partial charge in [0.05, 0.1) is 14.1 Å². The van der Waals surface area contributed by atoms with E-state index in [1.165, 1.54) is 6.08 Å². The highest BCUT2D eigenvalue weighted by atomic mass is 16.2. The molecule has 0 saturated carbocycles. The fourth-order valence-electron chi connectivity index (χ4n) is 0.981. The van der Waals surface area contributed by atoms with Gasteiger partial charge in [-0.25, -0.2) is 4.59 Å². The number of carbonyl (C=O) groups excluding carboxylic acids is 1. The second-order valence-electron chi connectivity index (χ2n) is 4.27. The van der Waals surface area contributed by atoms with E-state index in [0.29, 0.717) is 10.5 Å². The van der Waals surface area contributed by atoms with E-state index >= 15 is 0 Å². The molecule has 76 valence electrons. The van der Waals surface area contributed by atoms with Gasteiger partial charge in [-0.3, -0.25) is 4.79 Å². The minimum absolute atomic E-state index is 0.117. The molecule has 0 aromatic heterocycles. The van der Waals surface area contributed by atoms with Crippen LogP contribution in [-0.4, -0.2) is 31.1 Å². The van der Waals surface area contributed by atoms with E-state index in [4.69, 9.17) is 0 Å². The molecule has 0 heterocycles. The molecule has 0 aliphatic heterocycles. The molecule has 0 rings (SSSR count). The second-order valence-corrected chi connectivity index (χ2v) is 4.27. The SMILES string of the molecule is C=CC(=O)N[N+](C)(C)CCC(C)C. The number of rotatable bonds is 5. The number of hydrogen-bond acceptors (Lipinski definition) is 1. The van der Waals surface area contributed by atoms with Gasteiger partial charge in [-0.2, -0.15) is 5.43 Å². The molecule has 1 amide bonds. The van der Waals surface area contributed by atoms with Crippen molar-refractivity contribution in [1.82, 2.24) is 5.43 Å². The summed E-state index contributed by atoms with van der Waals surface area (Å²) in [5.74, 6) is 0.548. The Labute approximate surface area is 81.0 Å². The predicted molar refractivity (Wildman–Crippen MR) is 54.8 cm³/mol. The zero-order valence-electron chi connectivity index (χ0n) is 9.13. The van der Waals surface area contributed by atoms with Crippen molar-refractivity contribution in [2.45, 2.75) is 20.3 Å². The van der Waals surface area contributed by atoms with E-state index in [1.54, 1.807) is 0 Å². The Bertz CT molecular complexity index is 185. The average Bonchev–Trinajstić information content (AvgIpc) is 2.00. The molecule has 0 aromatic carbocycles. The van der Waals surface area contributed by atoms with E-state index in [9.17, 15) is 4.79 Å². The summed E-state index contributed by atoms with van der Waals surface area (Å²) >= 11 is 0. The number of quaternary nitrogens is 1. The largest absolute Gasteiger partial charge is 0.288 e. The van der Waals surface area contributed by atoms with Crippen LogP contribution in [0.25, 0.3) is 0 Å². The Hall–Kier alpha value is -0.830. The van der Waals surface area contributed by atoms with Gasteiger partial charge in [0.15, 0.2) is 0 Å². The van der Waals surface area contributed by atoms with Crippen molar-refractivity contribution < 1.29 is 9.39 Å². The van der Waals surface area contributed by atoms with Crippen molar-refractivity contribution >= 4 is 5.91 Å². The normalized spacial score (nSPS) is 11.5. The van der Waals surface area contributed by atoms with E-state index in [-0.39, 0.29) is 5.91 Å². The van der Waals surface area contributed by atoms with E-state index < -0.39 is 0 Å². The van der Waals surface area contributed by atoms with Crippen LogP contribution in [0.3, 0.4) is 0 Å². The Kier molecular flexibility index (Phi) is 4.70. The first-order valence-corrected chi connectivity index (χ1v) is 4.65. The summed E-state index contributed by atoms with van der Waals surface area (Å²) < 4.78 is 0.517. The molecule has 3 nitrogen and oxygen atoms in total. The maximum absolute atomic E-state index is 11.0. The van der Waals surface area contributed by atoms with Gasteiger partial charge in [-0.05, 0) is 5.92 Å². The van der Waals surface area contributed by atoms with Crippen molar-refractivity contribution in [3.8, 4) is 0 Å². The maximum atomic E-state index is 11.0. The summed E-state index contributed by atoms with van der Waals surface area (Å²) in [4.78, 5) is 11.0. The molecule has 0 spiro atoms. The van der Waals surface area contributed by atoms with Crippen LogP contribution in [0, 0.1) is 5.92 Å². The van der Waals surface area contributed by atoms with Crippen molar-refractivity contribution in [1.29, 1.82) is 0 Å². The van der Waals surface area contributed by atoms with Gasteiger partial charge in [0.2, 0.25) is 0 Å². The van der Waals surface area contributed by atoms with Gasteiger partial charge in [-0.1, -0.05) is 20.4 Å². The number of amides is 1. The summed E-state index contributed by atoms with van der Waals surface area (Å²) in [5, 5.41) is 0. The van der Waals surface area contributed by atoms with E-state index in [1.807, 2.05) is 14.1 Å². The molecule has 0 aliphatic rings. The lowest BCUT2D eigenvalue weighted by Gasteiger charge is -2.29. The van der Waals surface area contributed by atoms with E-state index in [0.717, 1.165) is 13.0 Å². The summed E-state index contributed by atoms with van der Waals surface area (Å²) in [5.41, 5.74) is 2.84. The van der Waals surface area contributed by atoms with Crippen LogP contribution in [0.4, 0.5) is 0 Å². The summed E-state index contributed by atoms with van der Waals surface area (Å²) in [6, 6.07) is 0. The molecule has 0 fully saturated rings. The Morgan fingerprint density at radius 1 is 1.54 bits per heavy atom. The molecule has 0 atom stereocenters. The second kappa shape index (κ2) is 5.02. The van der Waals surface area contributed by atoms with Gasteiger partial charge in [0, 0.05) is 12.5 Å². The first kappa shape index (κ1) is 12.2. The Balaban J connectivity index is 3.92. The Morgan fingerprint density at radius 3 is 2.46 bits per heavy atom. The van der Waals surface area contributed by atoms with Gasteiger partial charge < -0.3 is 0 Å². The zero-order valence-corrected chi connectivity index (χ0v) is 9.13. The quantitative estimate of drug-likeness (QED) is 0.391. The monoisotopic (exact) mass is 185 g/mol. The van der Waals surface area contributed by atoms with Crippen LogP contribution >= 0.6 is 0 Å². The summed E-state index contributed by atoms with van der Waals surface area (Å²) in [6.07, 6.45) is 2.40. The number of nitrogens with zero attached hydrogens (tertiary/aromatic N) is 1. The molecule has 0 unspecified atom stereocenters. The molecule has 3 heteroatoms. The van der Waals surface area contributed by atoms with Gasteiger partial charge in [-0.15, -0.1) is 0 Å². The van der Waals surface area contributed by atoms with Crippen LogP contribution in [-0.2, 0) is 4.79 Å². The average molecular weight is 185 g/mol. The van der Waals surface area contributed by atoms with Crippen LogP contribution in [0.1, 0.15) is 20.3 Å². The first-order valence-electron chi connectivity index (χ1n) is 4.65. The fraction of sp³-hybridized carbons (Fsp3) is 0.700. The predicted octanol–water partition coefficient (Wildman–Crippen LogP) is 1.33. The number of carbonyl (C=O) groups is 1. The van der Waals surface area contributed by atoms with Gasteiger partial charge in [0.1, 0.15) is 6.54 Å². The minimum atomic E-state index is -0.117. The molecule has 0 aliphatic carbocycles. The maximum Gasteiger partial charge on any atom is 0.288 e.